The average Bonchev–Trinajstić information content (AvgIpc) is 2.50. The Labute approximate surface area is 187 Å². The van der Waals surface area contributed by atoms with Gasteiger partial charge in [0.15, 0.2) is 0 Å². The molecule has 0 atom stereocenters. The standard InChI is InChI=1S/C20H38O2.K/c1-2-3-4-5-6-7-8-9-10-11-12-13-14-15-16-17-18-19-20(21)22;/h18-19H,2-17H2,1H3,(H,21,22);/q;+1/p-1/b19-18+;. The van der Waals surface area contributed by atoms with E-state index >= 15 is 0 Å². The minimum absolute atomic E-state index is 0. The van der Waals surface area contributed by atoms with Crippen LogP contribution in [-0.2, 0) is 4.79 Å². The minimum Gasteiger partial charge on any atom is -0.545 e. The SMILES string of the molecule is CCCCCCCCCCCCCCCCC/C=C/C(=O)[O-].[K+]. The molecule has 0 saturated carbocycles. The molecule has 0 unspecified atom stereocenters. The number of carboxylic acids is 1. The van der Waals surface area contributed by atoms with Crippen molar-refractivity contribution in [2.24, 2.45) is 0 Å². The molecule has 0 rings (SSSR count). The third kappa shape index (κ3) is 25.2. The quantitative estimate of drug-likeness (QED) is 0.230. The van der Waals surface area contributed by atoms with Gasteiger partial charge >= 0.3 is 51.4 Å². The maximum absolute atomic E-state index is 10.2. The fourth-order valence-corrected chi connectivity index (χ4v) is 2.81. The molecule has 23 heavy (non-hydrogen) atoms. The summed E-state index contributed by atoms with van der Waals surface area (Å²) in [5.74, 6) is -1.08. The third-order valence-corrected chi connectivity index (χ3v) is 4.23. The Bertz CT molecular complexity index is 264. The molecular weight excluding hydrogens is 311 g/mol. The zero-order chi connectivity index (χ0) is 16.3. The van der Waals surface area contributed by atoms with E-state index in [1.54, 1.807) is 6.08 Å². The summed E-state index contributed by atoms with van der Waals surface area (Å²) in [6.07, 6.45) is 24.2. The predicted octanol–water partition coefficient (Wildman–Crippen LogP) is 2.56. The van der Waals surface area contributed by atoms with E-state index in [4.69, 9.17) is 0 Å². The second kappa shape index (κ2) is 22.8. The molecule has 0 saturated heterocycles. The summed E-state index contributed by atoms with van der Waals surface area (Å²) < 4.78 is 0. The van der Waals surface area contributed by atoms with Crippen LogP contribution in [0.2, 0.25) is 0 Å². The van der Waals surface area contributed by atoms with Crippen LogP contribution in [0.15, 0.2) is 12.2 Å². The number of carboxylic acid groups (broad SMARTS) is 1. The summed E-state index contributed by atoms with van der Waals surface area (Å²) >= 11 is 0. The smallest absolute Gasteiger partial charge is 0.545 e. The molecule has 0 spiro atoms. The molecule has 0 aromatic rings. The Morgan fingerprint density at radius 2 is 1.04 bits per heavy atom. The second-order valence-corrected chi connectivity index (χ2v) is 6.46. The van der Waals surface area contributed by atoms with Crippen molar-refractivity contribution in [3.05, 3.63) is 12.2 Å². The van der Waals surface area contributed by atoms with E-state index in [9.17, 15) is 9.90 Å². The van der Waals surface area contributed by atoms with E-state index in [-0.39, 0.29) is 51.4 Å². The van der Waals surface area contributed by atoms with E-state index in [0.29, 0.717) is 0 Å². The summed E-state index contributed by atoms with van der Waals surface area (Å²) in [6.45, 7) is 2.27. The predicted molar refractivity (Wildman–Crippen MR) is 93.7 cm³/mol. The van der Waals surface area contributed by atoms with Crippen molar-refractivity contribution in [1.29, 1.82) is 0 Å². The fourth-order valence-electron chi connectivity index (χ4n) is 2.81. The molecule has 0 aromatic heterocycles. The van der Waals surface area contributed by atoms with E-state index in [1.807, 2.05) is 0 Å². The van der Waals surface area contributed by atoms with Gasteiger partial charge in [0.2, 0.25) is 0 Å². The van der Waals surface area contributed by atoms with Crippen LogP contribution in [0.25, 0.3) is 0 Å². The van der Waals surface area contributed by atoms with Gasteiger partial charge in [0, 0.05) is 0 Å². The van der Waals surface area contributed by atoms with Gasteiger partial charge in [-0.2, -0.15) is 0 Å². The Kier molecular flexibility index (Phi) is 25.9. The van der Waals surface area contributed by atoms with Gasteiger partial charge in [-0.1, -0.05) is 103 Å². The van der Waals surface area contributed by atoms with Gasteiger partial charge in [0.25, 0.3) is 0 Å². The fraction of sp³-hybridized carbons (Fsp3) is 0.850. The Morgan fingerprint density at radius 1 is 0.696 bits per heavy atom. The molecule has 3 heteroatoms. The molecule has 130 valence electrons. The molecule has 0 aliphatic carbocycles. The van der Waals surface area contributed by atoms with Crippen LogP contribution in [0.3, 0.4) is 0 Å². The number of carbonyl (C=O) groups is 1. The molecule has 0 fully saturated rings. The van der Waals surface area contributed by atoms with Gasteiger partial charge < -0.3 is 9.90 Å². The Morgan fingerprint density at radius 3 is 1.39 bits per heavy atom. The van der Waals surface area contributed by atoms with Crippen LogP contribution in [0, 0.1) is 0 Å². The first-order valence-electron chi connectivity index (χ1n) is 9.65. The summed E-state index contributed by atoms with van der Waals surface area (Å²) in [7, 11) is 0. The van der Waals surface area contributed by atoms with Gasteiger partial charge in [0.05, 0.1) is 5.97 Å². The molecule has 0 N–H and O–H groups in total. The number of carbonyl (C=O) groups excluding carboxylic acids is 1. The molecular formula is C20H37KO2. The normalized spacial score (nSPS) is 10.8. The van der Waals surface area contributed by atoms with Crippen molar-refractivity contribution in [3.63, 3.8) is 0 Å². The largest absolute Gasteiger partial charge is 1.00 e. The minimum atomic E-state index is -1.08. The zero-order valence-electron chi connectivity index (χ0n) is 15.8. The van der Waals surface area contributed by atoms with Crippen molar-refractivity contribution < 1.29 is 61.3 Å². The van der Waals surface area contributed by atoms with Gasteiger partial charge in [-0.3, -0.25) is 0 Å². The summed E-state index contributed by atoms with van der Waals surface area (Å²) in [5.41, 5.74) is 0. The van der Waals surface area contributed by atoms with Crippen molar-refractivity contribution in [2.45, 2.75) is 110 Å². The third-order valence-electron chi connectivity index (χ3n) is 4.23. The number of rotatable bonds is 17. The van der Waals surface area contributed by atoms with Crippen molar-refractivity contribution in [1.82, 2.24) is 0 Å². The van der Waals surface area contributed by atoms with Crippen LogP contribution in [0.1, 0.15) is 110 Å². The van der Waals surface area contributed by atoms with Crippen LogP contribution < -0.4 is 56.5 Å². The van der Waals surface area contributed by atoms with Gasteiger partial charge in [0.1, 0.15) is 0 Å². The molecule has 0 aliphatic heterocycles. The van der Waals surface area contributed by atoms with Gasteiger partial charge in [-0.25, -0.2) is 0 Å². The zero-order valence-corrected chi connectivity index (χ0v) is 18.9. The van der Waals surface area contributed by atoms with Crippen LogP contribution in [0.5, 0.6) is 0 Å². The number of aliphatic carboxylic acids is 1. The number of allylic oxidation sites excluding steroid dienone is 1. The second-order valence-electron chi connectivity index (χ2n) is 6.46. The first kappa shape index (κ1) is 26.1. The average molecular weight is 349 g/mol. The molecule has 2 nitrogen and oxygen atoms in total. The topological polar surface area (TPSA) is 40.1 Å². The maximum Gasteiger partial charge on any atom is 1.00 e. The maximum atomic E-state index is 10.2. The van der Waals surface area contributed by atoms with Crippen molar-refractivity contribution in [3.8, 4) is 0 Å². The molecule has 0 aromatic carbocycles. The summed E-state index contributed by atoms with van der Waals surface area (Å²) in [4.78, 5) is 10.2. The van der Waals surface area contributed by atoms with Crippen LogP contribution in [-0.4, -0.2) is 5.97 Å². The van der Waals surface area contributed by atoms with Crippen molar-refractivity contribution in [2.75, 3.05) is 0 Å². The molecule has 0 aliphatic rings. The Balaban J connectivity index is 0. The van der Waals surface area contributed by atoms with Gasteiger partial charge in [-0.05, 0) is 18.9 Å². The number of hydrogen-bond acceptors (Lipinski definition) is 2. The van der Waals surface area contributed by atoms with Crippen LogP contribution in [0.4, 0.5) is 0 Å². The van der Waals surface area contributed by atoms with E-state index in [1.165, 1.54) is 89.9 Å². The van der Waals surface area contributed by atoms with Crippen molar-refractivity contribution >= 4 is 5.97 Å². The molecule has 0 radical (unpaired) electrons. The Hall–Kier alpha value is 0.846. The first-order valence-corrected chi connectivity index (χ1v) is 9.65. The first-order chi connectivity index (χ1) is 10.8. The molecule has 0 amide bonds. The van der Waals surface area contributed by atoms with Crippen LogP contribution >= 0.6 is 0 Å². The number of unbranched alkanes of at least 4 members (excludes halogenated alkanes) is 15. The van der Waals surface area contributed by atoms with E-state index < -0.39 is 5.97 Å². The van der Waals surface area contributed by atoms with E-state index in [0.717, 1.165) is 18.9 Å². The number of hydrogen-bond donors (Lipinski definition) is 0. The molecule has 0 heterocycles. The monoisotopic (exact) mass is 348 g/mol. The molecule has 0 bridgehead atoms. The summed E-state index contributed by atoms with van der Waals surface area (Å²) in [5, 5.41) is 10.2. The van der Waals surface area contributed by atoms with Gasteiger partial charge in [-0.15, -0.1) is 0 Å². The van der Waals surface area contributed by atoms with E-state index in [2.05, 4.69) is 6.92 Å². The summed E-state index contributed by atoms with van der Waals surface area (Å²) in [6, 6.07) is 0.